The van der Waals surface area contributed by atoms with Crippen LogP contribution in [0.2, 0.25) is 5.02 Å². The molecule has 0 radical (unpaired) electrons. The number of ether oxygens (including phenoxy) is 1. The molecule has 1 unspecified atom stereocenters. The van der Waals surface area contributed by atoms with Crippen LogP contribution in [0.25, 0.3) is 0 Å². The van der Waals surface area contributed by atoms with Crippen molar-refractivity contribution in [3.8, 4) is 0 Å². The van der Waals surface area contributed by atoms with Crippen molar-refractivity contribution in [3.63, 3.8) is 0 Å². The third-order valence-corrected chi connectivity index (χ3v) is 5.31. The van der Waals surface area contributed by atoms with Gasteiger partial charge in [-0.15, -0.1) is 0 Å². The lowest BCUT2D eigenvalue weighted by molar-refractivity contribution is -0.0291. The molecular weight excluding hydrogens is 357 g/mol. The van der Waals surface area contributed by atoms with E-state index in [4.69, 9.17) is 16.3 Å². The Bertz CT molecular complexity index is 480. The van der Waals surface area contributed by atoms with E-state index in [-0.39, 0.29) is 16.9 Å². The normalized spacial score (nSPS) is 22.9. The molecule has 0 aromatic heterocycles. The molecule has 0 aliphatic heterocycles. The molecule has 0 bridgehead atoms. The molecule has 1 aliphatic carbocycles. The van der Waals surface area contributed by atoms with Crippen molar-refractivity contribution in [1.29, 1.82) is 0 Å². The van der Waals surface area contributed by atoms with Gasteiger partial charge in [-0.25, -0.2) is 4.39 Å². The Labute approximate surface area is 139 Å². The monoisotopic (exact) mass is 377 g/mol. The van der Waals surface area contributed by atoms with E-state index in [1.807, 2.05) is 26.0 Å². The Morgan fingerprint density at radius 3 is 2.76 bits per heavy atom. The fraction of sp³-hybridized carbons (Fsp3) is 0.625. The summed E-state index contributed by atoms with van der Waals surface area (Å²) in [6.45, 7) is 5.63. The minimum Gasteiger partial charge on any atom is -0.378 e. The molecule has 1 saturated carbocycles. The Morgan fingerprint density at radius 2 is 2.14 bits per heavy atom. The molecule has 0 amide bonds. The van der Waals surface area contributed by atoms with Gasteiger partial charge < -0.3 is 10.1 Å². The molecule has 118 valence electrons. The van der Waals surface area contributed by atoms with Crippen LogP contribution in [0.3, 0.4) is 0 Å². The molecule has 1 atom stereocenters. The molecule has 0 heterocycles. The van der Waals surface area contributed by atoms with Crippen LogP contribution in [0.15, 0.2) is 16.6 Å². The van der Waals surface area contributed by atoms with E-state index in [0.29, 0.717) is 22.1 Å². The topological polar surface area (TPSA) is 21.3 Å². The quantitative estimate of drug-likeness (QED) is 0.667. The van der Waals surface area contributed by atoms with Crippen LogP contribution >= 0.6 is 27.5 Å². The van der Waals surface area contributed by atoms with Crippen LogP contribution in [0.5, 0.6) is 0 Å². The second kappa shape index (κ2) is 7.91. The van der Waals surface area contributed by atoms with Gasteiger partial charge in [-0.1, -0.05) is 24.6 Å². The highest BCUT2D eigenvalue weighted by Gasteiger charge is 2.32. The van der Waals surface area contributed by atoms with Crippen molar-refractivity contribution in [2.45, 2.75) is 45.3 Å². The van der Waals surface area contributed by atoms with Crippen molar-refractivity contribution in [2.24, 2.45) is 5.92 Å². The van der Waals surface area contributed by atoms with Crippen molar-refractivity contribution >= 4 is 27.5 Å². The highest BCUT2D eigenvalue weighted by atomic mass is 79.9. The van der Waals surface area contributed by atoms with Gasteiger partial charge in [0.1, 0.15) is 5.82 Å². The van der Waals surface area contributed by atoms with Crippen LogP contribution < -0.4 is 5.32 Å². The Morgan fingerprint density at radius 1 is 1.43 bits per heavy atom. The summed E-state index contributed by atoms with van der Waals surface area (Å²) in [5.41, 5.74) is 0.657. The number of benzene rings is 1. The zero-order valence-electron chi connectivity index (χ0n) is 12.5. The lowest BCUT2D eigenvalue weighted by Crippen LogP contribution is -2.35. The van der Waals surface area contributed by atoms with Crippen LogP contribution in [0, 0.1) is 11.7 Å². The molecule has 0 saturated heterocycles. The maximum atomic E-state index is 14.4. The average Bonchev–Trinajstić information content (AvgIpc) is 2.42. The standard InChI is InChI=1S/C16H22BrClFNO/c1-3-20-14(9-10-7-11(8-10)21-4-2)12-5-6-13(17)15(18)16(12)19/h5-6,10-11,14,20H,3-4,7-9H2,1-2H3. The highest BCUT2D eigenvalue weighted by Crippen LogP contribution is 2.39. The van der Waals surface area contributed by atoms with Crippen molar-refractivity contribution in [1.82, 2.24) is 5.32 Å². The van der Waals surface area contributed by atoms with E-state index in [1.165, 1.54) is 0 Å². The molecule has 1 fully saturated rings. The summed E-state index contributed by atoms with van der Waals surface area (Å²) in [6, 6.07) is 3.64. The Balaban J connectivity index is 2.04. The second-order valence-corrected chi connectivity index (χ2v) is 6.76. The second-order valence-electron chi connectivity index (χ2n) is 5.53. The Kier molecular flexibility index (Phi) is 6.48. The van der Waals surface area contributed by atoms with E-state index in [9.17, 15) is 4.39 Å². The lowest BCUT2D eigenvalue weighted by atomic mass is 9.77. The molecule has 5 heteroatoms. The third kappa shape index (κ3) is 4.19. The number of rotatable bonds is 7. The van der Waals surface area contributed by atoms with Gasteiger partial charge in [0.05, 0.1) is 11.1 Å². The maximum Gasteiger partial charge on any atom is 0.147 e. The van der Waals surface area contributed by atoms with Gasteiger partial charge in [0.2, 0.25) is 0 Å². The third-order valence-electron chi connectivity index (χ3n) is 4.05. The van der Waals surface area contributed by atoms with Gasteiger partial charge in [0, 0.05) is 22.7 Å². The molecule has 21 heavy (non-hydrogen) atoms. The van der Waals surface area contributed by atoms with E-state index in [2.05, 4.69) is 21.2 Å². The van der Waals surface area contributed by atoms with Gasteiger partial charge in [-0.3, -0.25) is 0 Å². The summed E-state index contributed by atoms with van der Waals surface area (Å²) < 4.78 is 20.6. The highest BCUT2D eigenvalue weighted by molar-refractivity contribution is 9.10. The fourth-order valence-electron chi connectivity index (χ4n) is 2.95. The summed E-state index contributed by atoms with van der Waals surface area (Å²) in [4.78, 5) is 0. The first-order chi connectivity index (χ1) is 10.1. The zero-order chi connectivity index (χ0) is 15.4. The zero-order valence-corrected chi connectivity index (χ0v) is 14.8. The molecule has 0 spiro atoms. The largest absolute Gasteiger partial charge is 0.378 e. The van der Waals surface area contributed by atoms with Crippen LogP contribution in [-0.2, 0) is 4.74 Å². The number of hydrogen-bond acceptors (Lipinski definition) is 2. The van der Waals surface area contributed by atoms with Crippen molar-refractivity contribution in [2.75, 3.05) is 13.2 Å². The summed E-state index contributed by atoms with van der Waals surface area (Å²) in [5.74, 6) is 0.269. The van der Waals surface area contributed by atoms with Crippen molar-refractivity contribution < 1.29 is 9.13 Å². The van der Waals surface area contributed by atoms with Crippen molar-refractivity contribution in [3.05, 3.63) is 33.0 Å². The number of halogens is 3. The van der Waals surface area contributed by atoms with Gasteiger partial charge >= 0.3 is 0 Å². The van der Waals surface area contributed by atoms with Gasteiger partial charge in [0.25, 0.3) is 0 Å². The first kappa shape index (κ1) is 17.2. The summed E-state index contributed by atoms with van der Waals surface area (Å²) in [5, 5.41) is 3.54. The van der Waals surface area contributed by atoms with Crippen LogP contribution in [0.1, 0.15) is 44.7 Å². The summed E-state index contributed by atoms with van der Waals surface area (Å²) in [6.07, 6.45) is 3.45. The van der Waals surface area contributed by atoms with E-state index in [0.717, 1.165) is 32.4 Å². The summed E-state index contributed by atoms with van der Waals surface area (Å²) >= 11 is 9.27. The molecule has 2 nitrogen and oxygen atoms in total. The minimum absolute atomic E-state index is 0.00757. The average molecular weight is 379 g/mol. The SMILES string of the molecule is CCNC(CC1CC(OCC)C1)c1ccc(Br)c(Cl)c1F. The van der Waals surface area contributed by atoms with Gasteiger partial charge in [-0.05, 0) is 60.6 Å². The molecule has 2 rings (SSSR count). The summed E-state index contributed by atoms with van der Waals surface area (Å²) in [7, 11) is 0. The van der Waals surface area contributed by atoms with Crippen LogP contribution in [-0.4, -0.2) is 19.3 Å². The first-order valence-electron chi connectivity index (χ1n) is 7.55. The van der Waals surface area contributed by atoms with Gasteiger partial charge in [-0.2, -0.15) is 0 Å². The molecular formula is C16H22BrClFNO. The smallest absolute Gasteiger partial charge is 0.147 e. The first-order valence-corrected chi connectivity index (χ1v) is 8.72. The van der Waals surface area contributed by atoms with E-state index in [1.54, 1.807) is 0 Å². The molecule has 1 aromatic carbocycles. The van der Waals surface area contributed by atoms with Gasteiger partial charge in [0.15, 0.2) is 0 Å². The van der Waals surface area contributed by atoms with Crippen LogP contribution in [0.4, 0.5) is 4.39 Å². The molecule has 1 aromatic rings. The van der Waals surface area contributed by atoms with E-state index < -0.39 is 0 Å². The lowest BCUT2D eigenvalue weighted by Gasteiger charge is -2.37. The predicted molar refractivity (Wildman–Crippen MR) is 88.3 cm³/mol. The van der Waals surface area contributed by atoms with E-state index >= 15 is 0 Å². The molecule has 1 aliphatic rings. The number of nitrogens with one attached hydrogen (secondary N) is 1. The molecule has 1 N–H and O–H groups in total. The fourth-order valence-corrected chi connectivity index (χ4v) is 3.43. The number of hydrogen-bond donors (Lipinski definition) is 1. The predicted octanol–water partition coefficient (Wildman–Crippen LogP) is 5.10. The Hall–Kier alpha value is -0.160. The minimum atomic E-state index is -0.322. The maximum absolute atomic E-state index is 14.4.